The van der Waals surface area contributed by atoms with Crippen LogP contribution in [0.15, 0.2) is 24.3 Å². The Morgan fingerprint density at radius 1 is 1.17 bits per heavy atom. The molecule has 2 rings (SSSR count). The summed E-state index contributed by atoms with van der Waals surface area (Å²) in [5.41, 5.74) is 2.46. The molecular formula is C14H22N2O2. The van der Waals surface area contributed by atoms with Crippen molar-refractivity contribution in [1.82, 2.24) is 4.90 Å². The summed E-state index contributed by atoms with van der Waals surface area (Å²) in [7, 11) is 0. The van der Waals surface area contributed by atoms with Gasteiger partial charge in [0.2, 0.25) is 0 Å². The molecule has 1 aliphatic heterocycles. The molecule has 4 heteroatoms. The number of hydrogen-bond acceptors (Lipinski definition) is 4. The van der Waals surface area contributed by atoms with Gasteiger partial charge in [0.1, 0.15) is 0 Å². The molecule has 1 saturated heterocycles. The largest absolute Gasteiger partial charge is 0.396 e. The molecule has 100 valence electrons. The van der Waals surface area contributed by atoms with Gasteiger partial charge in [-0.15, -0.1) is 0 Å². The molecule has 0 saturated carbocycles. The number of aliphatic hydroxyl groups excluding tert-OH is 1. The smallest absolute Gasteiger partial charge is 0.0594 e. The monoisotopic (exact) mass is 250 g/mol. The van der Waals surface area contributed by atoms with Gasteiger partial charge in [0, 0.05) is 38.5 Å². The predicted octanol–water partition coefficient (Wildman–Crippen LogP) is 1.31. The molecule has 1 heterocycles. The van der Waals surface area contributed by atoms with E-state index in [4.69, 9.17) is 9.84 Å². The fourth-order valence-corrected chi connectivity index (χ4v) is 2.06. The number of rotatable bonds is 6. The number of nitrogens with zero attached hydrogens (tertiary/aromatic N) is 1. The highest BCUT2D eigenvalue weighted by molar-refractivity contribution is 5.44. The molecular weight excluding hydrogens is 228 g/mol. The Labute approximate surface area is 109 Å². The van der Waals surface area contributed by atoms with Crippen LogP contribution in [0.3, 0.4) is 0 Å². The third-order valence-corrected chi connectivity index (χ3v) is 3.13. The zero-order valence-corrected chi connectivity index (χ0v) is 10.8. The summed E-state index contributed by atoms with van der Waals surface area (Å²) in [6, 6.07) is 8.54. The Balaban J connectivity index is 1.79. The van der Waals surface area contributed by atoms with Crippen molar-refractivity contribution in [2.24, 2.45) is 0 Å². The lowest BCUT2D eigenvalue weighted by Crippen LogP contribution is -2.35. The summed E-state index contributed by atoms with van der Waals surface area (Å²) in [5.74, 6) is 0. The first-order chi connectivity index (χ1) is 8.88. The van der Waals surface area contributed by atoms with Crippen molar-refractivity contribution < 1.29 is 9.84 Å². The Morgan fingerprint density at radius 3 is 2.56 bits per heavy atom. The average molecular weight is 250 g/mol. The van der Waals surface area contributed by atoms with Crippen LogP contribution >= 0.6 is 0 Å². The topological polar surface area (TPSA) is 44.7 Å². The minimum Gasteiger partial charge on any atom is -0.396 e. The molecule has 0 amide bonds. The lowest BCUT2D eigenvalue weighted by atomic mass is 10.2. The highest BCUT2D eigenvalue weighted by Gasteiger charge is 2.10. The SMILES string of the molecule is OCCCNc1ccc(CN2CCOCC2)cc1. The van der Waals surface area contributed by atoms with Crippen molar-refractivity contribution in [2.75, 3.05) is 44.8 Å². The predicted molar refractivity (Wildman–Crippen MR) is 72.7 cm³/mol. The van der Waals surface area contributed by atoms with E-state index in [2.05, 4.69) is 34.5 Å². The molecule has 2 N–H and O–H groups in total. The second-order valence-corrected chi connectivity index (χ2v) is 4.59. The molecule has 0 spiro atoms. The summed E-state index contributed by atoms with van der Waals surface area (Å²) in [4.78, 5) is 2.41. The van der Waals surface area contributed by atoms with Crippen LogP contribution in [0.4, 0.5) is 5.69 Å². The van der Waals surface area contributed by atoms with Crippen molar-refractivity contribution in [3.8, 4) is 0 Å². The third kappa shape index (κ3) is 4.29. The molecule has 0 unspecified atom stereocenters. The minimum atomic E-state index is 0.238. The molecule has 4 nitrogen and oxygen atoms in total. The molecule has 0 aromatic heterocycles. The highest BCUT2D eigenvalue weighted by Crippen LogP contribution is 2.12. The van der Waals surface area contributed by atoms with Gasteiger partial charge >= 0.3 is 0 Å². The van der Waals surface area contributed by atoms with Crippen LogP contribution in [-0.2, 0) is 11.3 Å². The second kappa shape index (κ2) is 7.36. The zero-order chi connectivity index (χ0) is 12.6. The molecule has 18 heavy (non-hydrogen) atoms. The first-order valence-electron chi connectivity index (χ1n) is 6.62. The van der Waals surface area contributed by atoms with Gasteiger partial charge in [-0.1, -0.05) is 12.1 Å². The van der Waals surface area contributed by atoms with Gasteiger partial charge in [0.25, 0.3) is 0 Å². The summed E-state index contributed by atoms with van der Waals surface area (Å²) < 4.78 is 5.34. The van der Waals surface area contributed by atoms with Gasteiger partial charge in [-0.05, 0) is 24.1 Å². The van der Waals surface area contributed by atoms with E-state index >= 15 is 0 Å². The van der Waals surface area contributed by atoms with Crippen molar-refractivity contribution in [1.29, 1.82) is 0 Å². The molecule has 1 aromatic carbocycles. The van der Waals surface area contributed by atoms with Crippen LogP contribution in [0, 0.1) is 0 Å². The van der Waals surface area contributed by atoms with E-state index in [0.717, 1.165) is 51.5 Å². The standard InChI is InChI=1S/C14H22N2O2/c17-9-1-6-15-14-4-2-13(3-5-14)12-16-7-10-18-11-8-16/h2-5,15,17H,1,6-12H2. The number of hydrogen-bond donors (Lipinski definition) is 2. The fourth-order valence-electron chi connectivity index (χ4n) is 2.06. The van der Waals surface area contributed by atoms with Crippen molar-refractivity contribution in [3.05, 3.63) is 29.8 Å². The van der Waals surface area contributed by atoms with E-state index in [1.54, 1.807) is 0 Å². The normalized spacial score (nSPS) is 16.7. The number of benzene rings is 1. The maximum atomic E-state index is 8.71. The van der Waals surface area contributed by atoms with E-state index < -0.39 is 0 Å². The first-order valence-corrected chi connectivity index (χ1v) is 6.62. The zero-order valence-electron chi connectivity index (χ0n) is 10.8. The van der Waals surface area contributed by atoms with Crippen LogP contribution in [0.2, 0.25) is 0 Å². The third-order valence-electron chi connectivity index (χ3n) is 3.13. The molecule has 1 aromatic rings. The van der Waals surface area contributed by atoms with Gasteiger partial charge in [0.15, 0.2) is 0 Å². The van der Waals surface area contributed by atoms with Crippen molar-refractivity contribution in [2.45, 2.75) is 13.0 Å². The van der Waals surface area contributed by atoms with Crippen LogP contribution in [0.25, 0.3) is 0 Å². The lowest BCUT2D eigenvalue weighted by molar-refractivity contribution is 0.0342. The van der Waals surface area contributed by atoms with Crippen LogP contribution in [0.1, 0.15) is 12.0 Å². The van der Waals surface area contributed by atoms with Crippen molar-refractivity contribution in [3.63, 3.8) is 0 Å². The molecule has 1 aliphatic rings. The molecule has 0 radical (unpaired) electrons. The molecule has 1 fully saturated rings. The lowest BCUT2D eigenvalue weighted by Gasteiger charge is -2.26. The van der Waals surface area contributed by atoms with Gasteiger partial charge in [-0.3, -0.25) is 4.90 Å². The number of ether oxygens (including phenoxy) is 1. The van der Waals surface area contributed by atoms with E-state index in [-0.39, 0.29) is 6.61 Å². The Hall–Kier alpha value is -1.10. The number of anilines is 1. The highest BCUT2D eigenvalue weighted by atomic mass is 16.5. The van der Waals surface area contributed by atoms with Gasteiger partial charge in [-0.25, -0.2) is 0 Å². The number of nitrogens with one attached hydrogen (secondary N) is 1. The average Bonchev–Trinajstić information content (AvgIpc) is 2.42. The van der Waals surface area contributed by atoms with Gasteiger partial charge < -0.3 is 15.2 Å². The number of aliphatic hydroxyl groups is 1. The number of morpholine rings is 1. The van der Waals surface area contributed by atoms with E-state index in [1.807, 2.05) is 0 Å². The maximum absolute atomic E-state index is 8.71. The fraction of sp³-hybridized carbons (Fsp3) is 0.571. The van der Waals surface area contributed by atoms with Crippen LogP contribution in [0.5, 0.6) is 0 Å². The van der Waals surface area contributed by atoms with E-state index in [9.17, 15) is 0 Å². The second-order valence-electron chi connectivity index (χ2n) is 4.59. The maximum Gasteiger partial charge on any atom is 0.0594 e. The molecule has 0 bridgehead atoms. The van der Waals surface area contributed by atoms with E-state index in [1.165, 1.54) is 5.56 Å². The van der Waals surface area contributed by atoms with Crippen LogP contribution in [-0.4, -0.2) is 49.5 Å². The Morgan fingerprint density at radius 2 is 1.89 bits per heavy atom. The summed E-state index contributed by atoms with van der Waals surface area (Å²) in [6.45, 7) is 5.80. The molecule has 0 aliphatic carbocycles. The van der Waals surface area contributed by atoms with Gasteiger partial charge in [-0.2, -0.15) is 0 Å². The van der Waals surface area contributed by atoms with Gasteiger partial charge in [0.05, 0.1) is 13.2 Å². The quantitative estimate of drug-likeness (QED) is 0.747. The Bertz CT molecular complexity index is 334. The van der Waals surface area contributed by atoms with Crippen molar-refractivity contribution >= 4 is 5.69 Å². The summed E-state index contributed by atoms with van der Waals surface area (Å²) >= 11 is 0. The van der Waals surface area contributed by atoms with E-state index in [0.29, 0.717) is 0 Å². The Kier molecular flexibility index (Phi) is 5.45. The molecule has 0 atom stereocenters. The minimum absolute atomic E-state index is 0.238. The summed E-state index contributed by atoms with van der Waals surface area (Å²) in [5, 5.41) is 12.0. The summed E-state index contributed by atoms with van der Waals surface area (Å²) in [6.07, 6.45) is 0.787. The van der Waals surface area contributed by atoms with Crippen LogP contribution < -0.4 is 5.32 Å². The first kappa shape index (κ1) is 13.3.